The van der Waals surface area contributed by atoms with Crippen molar-refractivity contribution in [3.05, 3.63) is 47.6 Å². The van der Waals surface area contributed by atoms with Gasteiger partial charge in [-0.3, -0.25) is 9.59 Å². The first kappa shape index (κ1) is 27.2. The number of H-pyrrole nitrogens is 1. The zero-order chi connectivity index (χ0) is 26.3. The van der Waals surface area contributed by atoms with Crippen molar-refractivity contribution in [3.8, 4) is 0 Å². The molecule has 3 aromatic rings. The fourth-order valence-corrected chi connectivity index (χ4v) is 5.71. The molecule has 37 heavy (non-hydrogen) atoms. The van der Waals surface area contributed by atoms with Gasteiger partial charge in [-0.05, 0) is 25.7 Å². The van der Waals surface area contributed by atoms with Gasteiger partial charge in [0.1, 0.15) is 5.76 Å². The van der Waals surface area contributed by atoms with Crippen LogP contribution in [0.1, 0.15) is 88.6 Å². The van der Waals surface area contributed by atoms with Crippen LogP contribution in [0.4, 0.5) is 10.8 Å². The molecule has 0 spiro atoms. The van der Waals surface area contributed by atoms with Crippen LogP contribution in [-0.4, -0.2) is 26.8 Å². The molecule has 3 heterocycles. The number of thioether (sulfide) groups is 1. The van der Waals surface area contributed by atoms with Crippen LogP contribution < -0.4 is 10.6 Å². The Morgan fingerprint density at radius 2 is 1.84 bits per heavy atom. The summed E-state index contributed by atoms with van der Waals surface area (Å²) >= 11 is 3.05. The highest BCUT2D eigenvalue weighted by molar-refractivity contribution is 8.00. The largest absolute Gasteiger partial charge is 0.444 e. The lowest BCUT2D eigenvalue weighted by Crippen LogP contribution is -2.12. The van der Waals surface area contributed by atoms with Gasteiger partial charge in [0, 0.05) is 35.7 Å². The van der Waals surface area contributed by atoms with Crippen molar-refractivity contribution in [3.63, 3.8) is 0 Å². The fraction of sp³-hybridized carbons (Fsp3) is 0.481. The maximum absolute atomic E-state index is 12.3. The normalized spacial score (nSPS) is 12.9. The molecule has 10 heteroatoms. The summed E-state index contributed by atoms with van der Waals surface area (Å²) in [5, 5.41) is 6.50. The number of amides is 2. The summed E-state index contributed by atoms with van der Waals surface area (Å²) in [7, 11) is 0. The Morgan fingerprint density at radius 1 is 1.08 bits per heavy atom. The van der Waals surface area contributed by atoms with E-state index in [0.717, 1.165) is 59.7 Å². The minimum Gasteiger partial charge on any atom is -0.444 e. The maximum Gasteiger partial charge on any atom is 0.226 e. The molecule has 0 aliphatic heterocycles. The molecule has 1 aliphatic rings. The summed E-state index contributed by atoms with van der Waals surface area (Å²) in [6, 6.07) is 0. The van der Waals surface area contributed by atoms with Crippen molar-refractivity contribution < 1.29 is 14.0 Å². The number of carbonyl (C=O) groups excluding carboxylic acids is 2. The maximum atomic E-state index is 12.3. The second-order valence-electron chi connectivity index (χ2n) is 10.2. The summed E-state index contributed by atoms with van der Waals surface area (Å²) in [4.78, 5) is 36.5. The van der Waals surface area contributed by atoms with Crippen molar-refractivity contribution in [1.29, 1.82) is 0 Å². The van der Waals surface area contributed by atoms with Crippen molar-refractivity contribution in [2.45, 2.75) is 87.5 Å². The van der Waals surface area contributed by atoms with Crippen LogP contribution in [0.25, 0.3) is 6.08 Å². The molecule has 0 saturated heterocycles. The van der Waals surface area contributed by atoms with Gasteiger partial charge in [0.05, 0.1) is 28.0 Å². The van der Waals surface area contributed by atoms with Crippen molar-refractivity contribution in [2.24, 2.45) is 0 Å². The first-order chi connectivity index (χ1) is 17.8. The number of carbonyl (C=O) groups is 2. The number of hydrogen-bond donors (Lipinski definition) is 3. The van der Waals surface area contributed by atoms with Crippen LogP contribution in [-0.2, 0) is 27.2 Å². The minimum absolute atomic E-state index is 0.0311. The van der Waals surface area contributed by atoms with Crippen molar-refractivity contribution in [2.75, 3.05) is 10.6 Å². The van der Waals surface area contributed by atoms with Crippen LogP contribution >= 0.6 is 23.1 Å². The predicted molar refractivity (Wildman–Crippen MR) is 150 cm³/mol. The van der Waals surface area contributed by atoms with Gasteiger partial charge >= 0.3 is 0 Å². The Labute approximate surface area is 226 Å². The number of nitrogens with zero attached hydrogens (tertiary/aromatic N) is 2. The van der Waals surface area contributed by atoms with E-state index < -0.39 is 0 Å². The third-order valence-electron chi connectivity index (χ3n) is 6.04. The molecule has 0 unspecified atom stereocenters. The number of thiazole rings is 1. The molecule has 8 nitrogen and oxygen atoms in total. The highest BCUT2D eigenvalue weighted by atomic mass is 32.2. The molecule has 1 aliphatic carbocycles. The van der Waals surface area contributed by atoms with Gasteiger partial charge in [-0.2, -0.15) is 0 Å². The number of rotatable bonds is 12. The molecule has 198 valence electrons. The molecule has 2 amide bonds. The number of allylic oxidation sites excluding steroid dienone is 1. The summed E-state index contributed by atoms with van der Waals surface area (Å²) in [5.41, 5.74) is 3.08. The van der Waals surface area contributed by atoms with E-state index in [1.165, 1.54) is 17.0 Å². The van der Waals surface area contributed by atoms with Gasteiger partial charge in [-0.1, -0.05) is 57.1 Å². The lowest BCUT2D eigenvalue weighted by Gasteiger charge is -2.12. The van der Waals surface area contributed by atoms with E-state index in [9.17, 15) is 9.59 Å². The summed E-state index contributed by atoms with van der Waals surface area (Å²) < 4.78 is 6.83. The quantitative estimate of drug-likeness (QED) is 0.169. The molecular weight excluding hydrogens is 506 g/mol. The third-order valence-corrected chi connectivity index (χ3v) is 8.14. The number of hydrogen-bond acceptors (Lipinski definition) is 7. The molecule has 0 radical (unpaired) electrons. The number of aromatic amines is 1. The van der Waals surface area contributed by atoms with E-state index in [-0.39, 0.29) is 17.2 Å². The highest BCUT2D eigenvalue weighted by Gasteiger charge is 2.19. The third kappa shape index (κ3) is 8.07. The highest BCUT2D eigenvalue weighted by Crippen LogP contribution is 2.32. The lowest BCUT2D eigenvalue weighted by molar-refractivity contribution is -0.117. The topological polar surface area (TPSA) is 113 Å². The van der Waals surface area contributed by atoms with Crippen LogP contribution in [0, 0.1) is 0 Å². The van der Waals surface area contributed by atoms with E-state index in [0.29, 0.717) is 29.6 Å². The number of oxazole rings is 1. The van der Waals surface area contributed by atoms with E-state index in [2.05, 4.69) is 58.5 Å². The first-order valence-corrected chi connectivity index (χ1v) is 14.6. The SMILES string of the molecule is CC(C)(C)c1cnc(CSc2cnc(NC(=O)CCCCCCC(=O)Nc3c[nH]c4c3C=CCC4)s2)o1. The van der Waals surface area contributed by atoms with Crippen LogP contribution in [0.3, 0.4) is 0 Å². The zero-order valence-corrected chi connectivity index (χ0v) is 23.3. The van der Waals surface area contributed by atoms with Gasteiger partial charge in [-0.15, -0.1) is 11.8 Å². The van der Waals surface area contributed by atoms with E-state index in [1.54, 1.807) is 24.2 Å². The number of fused-ring (bicyclic) bond motifs is 1. The second-order valence-corrected chi connectivity index (χ2v) is 12.5. The standard InChI is InChI=1S/C27H35N5O3S2/c1-27(2,3)21-15-29-24(35-21)17-36-25-16-30-26(37-25)32-23(34)13-7-5-4-6-12-22(33)31-20-14-28-19-11-9-8-10-18(19)20/h8,10,14-16,28H,4-7,9,11-13,17H2,1-3H3,(H,31,33)(H,30,32,34). The molecule has 3 N–H and O–H groups in total. The number of aryl methyl sites for hydroxylation is 1. The van der Waals surface area contributed by atoms with Crippen LogP contribution in [0.5, 0.6) is 0 Å². The average Bonchev–Trinajstić information content (AvgIpc) is 3.60. The average molecular weight is 542 g/mol. The molecule has 3 aromatic heterocycles. The fourth-order valence-electron chi connectivity index (χ4n) is 3.97. The van der Waals surface area contributed by atoms with Gasteiger partial charge in [0.25, 0.3) is 0 Å². The number of anilines is 2. The van der Waals surface area contributed by atoms with Crippen molar-refractivity contribution in [1.82, 2.24) is 15.0 Å². The van der Waals surface area contributed by atoms with Crippen molar-refractivity contribution >= 4 is 51.8 Å². The summed E-state index contributed by atoms with van der Waals surface area (Å²) in [6.45, 7) is 6.28. The van der Waals surface area contributed by atoms with Gasteiger partial charge < -0.3 is 20.0 Å². The number of nitrogens with one attached hydrogen (secondary N) is 3. The Balaban J connectivity index is 1.07. The minimum atomic E-state index is -0.0627. The van der Waals surface area contributed by atoms with E-state index in [1.807, 2.05) is 6.20 Å². The Kier molecular flexibility index (Phi) is 9.26. The summed E-state index contributed by atoms with van der Waals surface area (Å²) in [6.07, 6.45) is 16.0. The second kappa shape index (κ2) is 12.6. The smallest absolute Gasteiger partial charge is 0.226 e. The number of aromatic nitrogens is 3. The van der Waals surface area contributed by atoms with Crippen LogP contribution in [0.2, 0.25) is 0 Å². The first-order valence-electron chi connectivity index (χ1n) is 12.8. The molecular formula is C27H35N5O3S2. The molecule has 0 fully saturated rings. The molecule has 0 atom stereocenters. The zero-order valence-electron chi connectivity index (χ0n) is 21.7. The number of unbranched alkanes of at least 4 members (excludes halogenated alkanes) is 3. The monoisotopic (exact) mass is 541 g/mol. The molecule has 0 bridgehead atoms. The Bertz CT molecular complexity index is 1230. The van der Waals surface area contributed by atoms with E-state index in [4.69, 9.17) is 4.42 Å². The molecule has 0 aromatic carbocycles. The summed E-state index contributed by atoms with van der Waals surface area (Å²) in [5.74, 6) is 2.18. The lowest BCUT2D eigenvalue weighted by atomic mass is 9.94. The van der Waals surface area contributed by atoms with Gasteiger partial charge in [0.2, 0.25) is 17.7 Å². The van der Waals surface area contributed by atoms with Gasteiger partial charge in [0.15, 0.2) is 5.13 Å². The molecule has 0 saturated carbocycles. The van der Waals surface area contributed by atoms with Crippen LogP contribution in [0.15, 0.2) is 33.3 Å². The Hall–Kier alpha value is -2.85. The predicted octanol–water partition coefficient (Wildman–Crippen LogP) is 6.93. The van der Waals surface area contributed by atoms with E-state index >= 15 is 0 Å². The van der Waals surface area contributed by atoms with Gasteiger partial charge in [-0.25, -0.2) is 9.97 Å². The molecule has 4 rings (SSSR count). The Morgan fingerprint density at radius 3 is 2.57 bits per heavy atom.